The Morgan fingerprint density at radius 2 is 2.00 bits per heavy atom. The van der Waals surface area contributed by atoms with Gasteiger partial charge in [-0.05, 0) is 62.1 Å². The molecule has 18 heavy (non-hydrogen) atoms. The Morgan fingerprint density at radius 3 is 2.56 bits per heavy atom. The van der Waals surface area contributed by atoms with Crippen LogP contribution in [0.5, 0.6) is 0 Å². The molecule has 2 heteroatoms. The smallest absolute Gasteiger partial charge is 0.141 e. The van der Waals surface area contributed by atoms with E-state index in [9.17, 15) is 4.39 Å². The molecule has 0 saturated heterocycles. The van der Waals surface area contributed by atoms with Gasteiger partial charge >= 0.3 is 0 Å². The monoisotopic (exact) mass is 243 g/mol. The van der Waals surface area contributed by atoms with Crippen LogP contribution in [-0.2, 0) is 0 Å². The second-order valence-electron chi connectivity index (χ2n) is 4.99. The summed E-state index contributed by atoms with van der Waals surface area (Å²) in [5, 5.41) is 8.72. The Morgan fingerprint density at radius 1 is 1.28 bits per heavy atom. The van der Waals surface area contributed by atoms with Crippen molar-refractivity contribution in [2.45, 2.75) is 38.5 Å². The lowest BCUT2D eigenvalue weighted by Crippen LogP contribution is -2.12. The van der Waals surface area contributed by atoms with Crippen LogP contribution in [0.15, 0.2) is 30.4 Å². The van der Waals surface area contributed by atoms with E-state index in [1.54, 1.807) is 12.1 Å². The standard InChI is InChI=1S/C16H18FN/c1-2-3-12-4-6-13(7-5-12)14-8-9-15(11-18)16(17)10-14/h2-3,8-10,12-13H,4-7H2,1H3/t12-,13-. The number of halogens is 1. The van der Waals surface area contributed by atoms with Crippen LogP contribution in [0.2, 0.25) is 0 Å². The molecule has 0 heterocycles. The number of rotatable bonds is 2. The van der Waals surface area contributed by atoms with Gasteiger partial charge in [-0.15, -0.1) is 0 Å². The van der Waals surface area contributed by atoms with Crippen molar-refractivity contribution in [3.63, 3.8) is 0 Å². The molecule has 1 aliphatic carbocycles. The van der Waals surface area contributed by atoms with Crippen molar-refractivity contribution in [2.75, 3.05) is 0 Å². The van der Waals surface area contributed by atoms with Crippen LogP contribution >= 0.6 is 0 Å². The van der Waals surface area contributed by atoms with Gasteiger partial charge in [-0.1, -0.05) is 18.2 Å². The highest BCUT2D eigenvalue weighted by Crippen LogP contribution is 2.36. The third kappa shape index (κ3) is 2.79. The Labute approximate surface area is 108 Å². The van der Waals surface area contributed by atoms with E-state index in [1.807, 2.05) is 12.1 Å². The van der Waals surface area contributed by atoms with Gasteiger partial charge in [0.05, 0.1) is 5.56 Å². The molecular formula is C16H18FN. The SMILES string of the molecule is CC=C[C@H]1CC[C@H](c2ccc(C#N)c(F)c2)CC1. The van der Waals surface area contributed by atoms with Gasteiger partial charge in [-0.3, -0.25) is 0 Å². The normalized spacial score (nSPS) is 24.1. The van der Waals surface area contributed by atoms with Crippen molar-refractivity contribution in [2.24, 2.45) is 5.92 Å². The largest absolute Gasteiger partial charge is 0.206 e. The molecule has 0 amide bonds. The molecule has 1 saturated carbocycles. The predicted octanol–water partition coefficient (Wildman–Crippen LogP) is 4.55. The zero-order valence-corrected chi connectivity index (χ0v) is 10.7. The first-order chi connectivity index (χ1) is 8.74. The Kier molecular flexibility index (Phi) is 4.15. The highest BCUT2D eigenvalue weighted by molar-refractivity contribution is 5.34. The second-order valence-corrected chi connectivity index (χ2v) is 4.99. The molecule has 1 aliphatic rings. The molecule has 0 N–H and O–H groups in total. The van der Waals surface area contributed by atoms with Gasteiger partial charge in [0, 0.05) is 0 Å². The summed E-state index contributed by atoms with van der Waals surface area (Å²) < 4.78 is 13.6. The minimum Gasteiger partial charge on any atom is -0.206 e. The van der Waals surface area contributed by atoms with E-state index < -0.39 is 0 Å². The van der Waals surface area contributed by atoms with Crippen molar-refractivity contribution in [1.29, 1.82) is 5.26 Å². The topological polar surface area (TPSA) is 23.8 Å². The lowest BCUT2D eigenvalue weighted by Gasteiger charge is -2.27. The minimum absolute atomic E-state index is 0.140. The molecule has 1 fully saturated rings. The van der Waals surface area contributed by atoms with Crippen LogP contribution in [0.3, 0.4) is 0 Å². The van der Waals surface area contributed by atoms with Gasteiger partial charge in [0.1, 0.15) is 11.9 Å². The van der Waals surface area contributed by atoms with E-state index in [-0.39, 0.29) is 11.4 Å². The molecule has 0 spiro atoms. The maximum atomic E-state index is 13.6. The number of allylic oxidation sites excluding steroid dienone is 2. The first-order valence-electron chi connectivity index (χ1n) is 6.57. The number of nitriles is 1. The Bertz CT molecular complexity index is 476. The molecule has 0 bridgehead atoms. The molecule has 1 aromatic carbocycles. The van der Waals surface area contributed by atoms with Gasteiger partial charge in [0.2, 0.25) is 0 Å². The fourth-order valence-electron chi connectivity index (χ4n) is 2.79. The minimum atomic E-state index is -0.384. The van der Waals surface area contributed by atoms with E-state index in [0.29, 0.717) is 11.8 Å². The van der Waals surface area contributed by atoms with Crippen molar-refractivity contribution < 1.29 is 4.39 Å². The Balaban J connectivity index is 2.06. The highest BCUT2D eigenvalue weighted by atomic mass is 19.1. The van der Waals surface area contributed by atoms with E-state index in [0.717, 1.165) is 18.4 Å². The van der Waals surface area contributed by atoms with Gasteiger partial charge < -0.3 is 0 Å². The number of nitrogens with zero attached hydrogens (tertiary/aromatic N) is 1. The summed E-state index contributed by atoms with van der Waals surface area (Å²) in [6.45, 7) is 2.06. The summed E-state index contributed by atoms with van der Waals surface area (Å²) in [5.41, 5.74) is 1.19. The van der Waals surface area contributed by atoms with E-state index in [4.69, 9.17) is 5.26 Å². The zero-order chi connectivity index (χ0) is 13.0. The maximum absolute atomic E-state index is 13.6. The van der Waals surface area contributed by atoms with Crippen LogP contribution in [0.25, 0.3) is 0 Å². The highest BCUT2D eigenvalue weighted by Gasteiger charge is 2.21. The number of hydrogen-bond acceptors (Lipinski definition) is 1. The van der Waals surface area contributed by atoms with Crippen LogP contribution in [-0.4, -0.2) is 0 Å². The molecule has 0 radical (unpaired) electrons. The molecule has 1 aromatic rings. The molecule has 0 aliphatic heterocycles. The van der Waals surface area contributed by atoms with Crippen molar-refractivity contribution in [3.05, 3.63) is 47.3 Å². The third-order valence-electron chi connectivity index (χ3n) is 3.82. The number of benzene rings is 1. The molecule has 0 aromatic heterocycles. The van der Waals surface area contributed by atoms with Crippen LogP contribution in [0.4, 0.5) is 4.39 Å². The van der Waals surface area contributed by atoms with Crippen molar-refractivity contribution in [1.82, 2.24) is 0 Å². The van der Waals surface area contributed by atoms with Crippen molar-refractivity contribution in [3.8, 4) is 6.07 Å². The quantitative estimate of drug-likeness (QED) is 0.699. The number of hydrogen-bond donors (Lipinski definition) is 0. The molecule has 2 rings (SSSR count). The molecule has 1 nitrogen and oxygen atoms in total. The van der Waals surface area contributed by atoms with Crippen LogP contribution < -0.4 is 0 Å². The predicted molar refractivity (Wildman–Crippen MR) is 70.6 cm³/mol. The van der Waals surface area contributed by atoms with Gasteiger partial charge in [0.15, 0.2) is 0 Å². The first kappa shape index (κ1) is 12.8. The molecule has 0 unspecified atom stereocenters. The zero-order valence-electron chi connectivity index (χ0n) is 10.7. The third-order valence-corrected chi connectivity index (χ3v) is 3.82. The maximum Gasteiger partial charge on any atom is 0.141 e. The van der Waals surface area contributed by atoms with Crippen molar-refractivity contribution >= 4 is 0 Å². The van der Waals surface area contributed by atoms with E-state index in [1.165, 1.54) is 12.8 Å². The summed E-state index contributed by atoms with van der Waals surface area (Å²) >= 11 is 0. The second kappa shape index (κ2) is 5.82. The average molecular weight is 243 g/mol. The van der Waals surface area contributed by atoms with Crippen LogP contribution in [0, 0.1) is 23.1 Å². The van der Waals surface area contributed by atoms with E-state index in [2.05, 4.69) is 19.1 Å². The van der Waals surface area contributed by atoms with Gasteiger partial charge in [-0.25, -0.2) is 4.39 Å². The summed E-state index contributed by atoms with van der Waals surface area (Å²) in [6.07, 6.45) is 8.97. The fourth-order valence-corrected chi connectivity index (χ4v) is 2.79. The lowest BCUT2D eigenvalue weighted by molar-refractivity contribution is 0.375. The molecule has 0 atom stereocenters. The van der Waals surface area contributed by atoms with Crippen LogP contribution in [0.1, 0.15) is 49.7 Å². The van der Waals surface area contributed by atoms with E-state index >= 15 is 0 Å². The first-order valence-corrected chi connectivity index (χ1v) is 6.57. The summed E-state index contributed by atoms with van der Waals surface area (Å²) in [6, 6.07) is 6.91. The Hall–Kier alpha value is -1.62. The lowest BCUT2D eigenvalue weighted by atomic mass is 9.78. The average Bonchev–Trinajstić information content (AvgIpc) is 2.40. The summed E-state index contributed by atoms with van der Waals surface area (Å²) in [5.74, 6) is 0.758. The molecular weight excluding hydrogens is 225 g/mol. The summed E-state index contributed by atoms with van der Waals surface area (Å²) in [7, 11) is 0. The van der Waals surface area contributed by atoms with Gasteiger partial charge in [-0.2, -0.15) is 5.26 Å². The van der Waals surface area contributed by atoms with Gasteiger partial charge in [0.25, 0.3) is 0 Å². The molecule has 94 valence electrons. The summed E-state index contributed by atoms with van der Waals surface area (Å²) in [4.78, 5) is 0. The fraction of sp³-hybridized carbons (Fsp3) is 0.438.